The highest BCUT2D eigenvalue weighted by Gasteiger charge is 2.48. The highest BCUT2D eigenvalue weighted by atomic mass is 15.2. The lowest BCUT2D eigenvalue weighted by Crippen LogP contribution is -2.61. The topological polar surface area (TPSA) is 15.3 Å². The molecule has 0 amide bonds. The van der Waals surface area contributed by atoms with Crippen LogP contribution in [0, 0.1) is 11.8 Å². The summed E-state index contributed by atoms with van der Waals surface area (Å²) in [6.07, 6.45) is 9.75. The molecule has 0 heterocycles. The molecule has 2 rings (SSSR count). The van der Waals surface area contributed by atoms with Crippen molar-refractivity contribution < 1.29 is 0 Å². The van der Waals surface area contributed by atoms with E-state index >= 15 is 0 Å². The Morgan fingerprint density at radius 1 is 1.17 bits per heavy atom. The first-order valence-corrected chi connectivity index (χ1v) is 8.01. The van der Waals surface area contributed by atoms with Gasteiger partial charge >= 0.3 is 0 Å². The van der Waals surface area contributed by atoms with Crippen LogP contribution < -0.4 is 5.32 Å². The van der Waals surface area contributed by atoms with Gasteiger partial charge in [-0.3, -0.25) is 0 Å². The zero-order valence-corrected chi connectivity index (χ0v) is 12.8. The zero-order valence-electron chi connectivity index (χ0n) is 12.8. The fraction of sp³-hybridized carbons (Fsp3) is 1.00. The van der Waals surface area contributed by atoms with Crippen LogP contribution in [0.5, 0.6) is 0 Å². The summed E-state index contributed by atoms with van der Waals surface area (Å²) in [6, 6.07) is 0.736. The van der Waals surface area contributed by atoms with Gasteiger partial charge in [0.15, 0.2) is 0 Å². The fourth-order valence-electron chi connectivity index (χ4n) is 3.82. The highest BCUT2D eigenvalue weighted by molar-refractivity contribution is 5.06. The van der Waals surface area contributed by atoms with Crippen molar-refractivity contribution in [3.63, 3.8) is 0 Å². The molecule has 0 aromatic carbocycles. The van der Waals surface area contributed by atoms with Gasteiger partial charge in [-0.15, -0.1) is 0 Å². The van der Waals surface area contributed by atoms with Gasteiger partial charge in [0.2, 0.25) is 0 Å². The Morgan fingerprint density at radius 3 is 2.22 bits per heavy atom. The van der Waals surface area contributed by atoms with Crippen LogP contribution in [0.2, 0.25) is 0 Å². The van der Waals surface area contributed by atoms with Gasteiger partial charge in [-0.25, -0.2) is 0 Å². The fourth-order valence-corrected chi connectivity index (χ4v) is 3.82. The molecular weight excluding hydrogens is 220 g/mol. The number of nitrogens with zero attached hydrogens (tertiary/aromatic N) is 1. The quantitative estimate of drug-likeness (QED) is 0.780. The summed E-state index contributed by atoms with van der Waals surface area (Å²) in [6.45, 7) is 5.89. The Kier molecular flexibility index (Phi) is 4.71. The maximum atomic E-state index is 3.90. The van der Waals surface area contributed by atoms with E-state index in [1.54, 1.807) is 0 Å². The second kappa shape index (κ2) is 5.92. The summed E-state index contributed by atoms with van der Waals surface area (Å²) < 4.78 is 0. The lowest BCUT2D eigenvalue weighted by molar-refractivity contribution is 0.0355. The standard InChI is InChI=1S/C16H32N2/c1-5-12-17-15(14-6-7-14)16(18(3)4)10-8-13(2)9-11-16/h13-15,17H,5-12H2,1-4H3. The molecule has 0 aromatic rings. The third kappa shape index (κ3) is 2.91. The van der Waals surface area contributed by atoms with Gasteiger partial charge in [-0.2, -0.15) is 0 Å². The Labute approximate surface area is 114 Å². The molecular formula is C16H32N2. The summed E-state index contributed by atoms with van der Waals surface area (Å²) in [4.78, 5) is 2.55. The van der Waals surface area contributed by atoms with Gasteiger partial charge in [-0.05, 0) is 77.4 Å². The normalized spacial score (nSPS) is 34.8. The van der Waals surface area contributed by atoms with Crippen LogP contribution in [-0.2, 0) is 0 Å². The predicted octanol–water partition coefficient (Wildman–Crippen LogP) is 3.28. The number of nitrogens with one attached hydrogen (secondary N) is 1. The molecule has 2 fully saturated rings. The predicted molar refractivity (Wildman–Crippen MR) is 78.9 cm³/mol. The Bertz CT molecular complexity index is 250. The van der Waals surface area contributed by atoms with E-state index in [0.29, 0.717) is 5.54 Å². The van der Waals surface area contributed by atoms with E-state index in [2.05, 4.69) is 38.2 Å². The van der Waals surface area contributed by atoms with Gasteiger partial charge in [0, 0.05) is 11.6 Å². The molecule has 1 unspecified atom stereocenters. The third-order valence-electron chi connectivity index (χ3n) is 5.32. The molecule has 0 bridgehead atoms. The van der Waals surface area contributed by atoms with Crippen molar-refractivity contribution in [1.82, 2.24) is 10.2 Å². The van der Waals surface area contributed by atoms with E-state index < -0.39 is 0 Å². The maximum Gasteiger partial charge on any atom is 0.0359 e. The second-order valence-corrected chi connectivity index (χ2v) is 6.95. The van der Waals surface area contributed by atoms with E-state index in [1.807, 2.05) is 0 Å². The highest BCUT2D eigenvalue weighted by Crippen LogP contribution is 2.46. The summed E-state index contributed by atoms with van der Waals surface area (Å²) in [5.41, 5.74) is 0.433. The smallest absolute Gasteiger partial charge is 0.0359 e. The summed E-state index contributed by atoms with van der Waals surface area (Å²) in [5.74, 6) is 1.89. The monoisotopic (exact) mass is 252 g/mol. The van der Waals surface area contributed by atoms with Crippen molar-refractivity contribution in [3.8, 4) is 0 Å². The minimum atomic E-state index is 0.433. The number of rotatable bonds is 6. The summed E-state index contributed by atoms with van der Waals surface area (Å²) in [7, 11) is 4.61. The van der Waals surface area contributed by atoms with Crippen LogP contribution in [0.15, 0.2) is 0 Å². The van der Waals surface area contributed by atoms with E-state index in [1.165, 1.54) is 51.5 Å². The number of likely N-dealkylation sites (N-methyl/N-ethyl adjacent to an activating group) is 1. The first-order chi connectivity index (χ1) is 8.60. The zero-order chi connectivity index (χ0) is 13.2. The Balaban J connectivity index is 2.10. The molecule has 1 N–H and O–H groups in total. The first-order valence-electron chi connectivity index (χ1n) is 8.01. The third-order valence-corrected chi connectivity index (χ3v) is 5.32. The minimum absolute atomic E-state index is 0.433. The van der Waals surface area contributed by atoms with Gasteiger partial charge in [-0.1, -0.05) is 13.8 Å². The van der Waals surface area contributed by atoms with Crippen molar-refractivity contribution >= 4 is 0 Å². The van der Waals surface area contributed by atoms with Crippen LogP contribution in [0.25, 0.3) is 0 Å². The van der Waals surface area contributed by atoms with Crippen molar-refractivity contribution in [2.45, 2.75) is 70.4 Å². The van der Waals surface area contributed by atoms with E-state index in [9.17, 15) is 0 Å². The first kappa shape index (κ1) is 14.3. The van der Waals surface area contributed by atoms with E-state index in [0.717, 1.165) is 17.9 Å². The van der Waals surface area contributed by atoms with Crippen LogP contribution in [0.3, 0.4) is 0 Å². The van der Waals surface area contributed by atoms with Crippen molar-refractivity contribution in [1.29, 1.82) is 0 Å². The maximum absolute atomic E-state index is 3.90. The molecule has 2 saturated carbocycles. The van der Waals surface area contributed by atoms with E-state index in [4.69, 9.17) is 0 Å². The average Bonchev–Trinajstić information content (AvgIpc) is 3.16. The van der Waals surface area contributed by atoms with Crippen molar-refractivity contribution in [2.24, 2.45) is 11.8 Å². The molecule has 18 heavy (non-hydrogen) atoms. The lowest BCUT2D eigenvalue weighted by atomic mass is 9.70. The summed E-state index contributed by atoms with van der Waals surface area (Å²) >= 11 is 0. The Hall–Kier alpha value is -0.0800. The molecule has 0 spiro atoms. The largest absolute Gasteiger partial charge is 0.312 e. The van der Waals surface area contributed by atoms with Gasteiger partial charge in [0.25, 0.3) is 0 Å². The minimum Gasteiger partial charge on any atom is -0.312 e. The Morgan fingerprint density at radius 2 is 1.78 bits per heavy atom. The molecule has 2 heteroatoms. The average molecular weight is 252 g/mol. The SMILES string of the molecule is CCCNC(C1CC1)C1(N(C)C)CCC(C)CC1. The van der Waals surface area contributed by atoms with Gasteiger partial charge in [0.1, 0.15) is 0 Å². The van der Waals surface area contributed by atoms with E-state index in [-0.39, 0.29) is 0 Å². The molecule has 2 aliphatic carbocycles. The number of hydrogen-bond acceptors (Lipinski definition) is 2. The molecule has 106 valence electrons. The molecule has 0 aromatic heterocycles. The number of hydrogen-bond donors (Lipinski definition) is 1. The molecule has 0 radical (unpaired) electrons. The molecule has 2 aliphatic rings. The van der Waals surface area contributed by atoms with Crippen LogP contribution in [-0.4, -0.2) is 37.1 Å². The molecule has 0 saturated heterocycles. The molecule has 0 aliphatic heterocycles. The lowest BCUT2D eigenvalue weighted by Gasteiger charge is -2.50. The molecule has 1 atom stereocenters. The van der Waals surface area contributed by atoms with Gasteiger partial charge in [0.05, 0.1) is 0 Å². The van der Waals surface area contributed by atoms with Crippen molar-refractivity contribution in [3.05, 3.63) is 0 Å². The van der Waals surface area contributed by atoms with Crippen LogP contribution in [0.1, 0.15) is 58.8 Å². The van der Waals surface area contributed by atoms with Crippen LogP contribution >= 0.6 is 0 Å². The van der Waals surface area contributed by atoms with Crippen LogP contribution in [0.4, 0.5) is 0 Å². The second-order valence-electron chi connectivity index (χ2n) is 6.95. The summed E-state index contributed by atoms with van der Waals surface area (Å²) in [5, 5.41) is 3.90. The molecule has 2 nitrogen and oxygen atoms in total. The van der Waals surface area contributed by atoms with Crippen molar-refractivity contribution in [2.75, 3.05) is 20.6 Å². The van der Waals surface area contributed by atoms with Gasteiger partial charge < -0.3 is 10.2 Å².